The minimum Gasteiger partial charge on any atom is -0.395 e. The summed E-state index contributed by atoms with van der Waals surface area (Å²) in [4.78, 5) is 11.2. The Morgan fingerprint density at radius 2 is 1.95 bits per heavy atom. The monoisotopic (exact) mass is 300 g/mol. The number of benzene rings is 1. The van der Waals surface area contributed by atoms with Crippen LogP contribution in [0.4, 0.5) is 18.0 Å². The molecule has 0 aromatic heterocycles. The molecule has 1 rings (SSSR count). The van der Waals surface area contributed by atoms with Gasteiger partial charge < -0.3 is 15.7 Å². The molecule has 1 aromatic rings. The van der Waals surface area contributed by atoms with Crippen molar-refractivity contribution in [2.75, 3.05) is 13.2 Å². The van der Waals surface area contributed by atoms with Crippen molar-refractivity contribution in [1.82, 2.24) is 10.6 Å². The molecule has 0 aliphatic carbocycles. The number of rotatable bonds is 4. The van der Waals surface area contributed by atoms with Crippen LogP contribution in [0.15, 0.2) is 24.3 Å². The Hall–Kier alpha value is -2.20. The van der Waals surface area contributed by atoms with Crippen LogP contribution in [0.5, 0.6) is 0 Å². The Kier molecular flexibility index (Phi) is 6.56. The molecular formula is C14H15F3N2O2. The second-order valence-corrected chi connectivity index (χ2v) is 4.08. The summed E-state index contributed by atoms with van der Waals surface area (Å²) in [6, 6.07) is 6.05. The van der Waals surface area contributed by atoms with Gasteiger partial charge in [0.15, 0.2) is 0 Å². The summed E-state index contributed by atoms with van der Waals surface area (Å²) in [5.41, 5.74) is 1.34. The molecule has 0 radical (unpaired) electrons. The fourth-order valence-corrected chi connectivity index (χ4v) is 1.43. The van der Waals surface area contributed by atoms with E-state index in [1.807, 2.05) is 0 Å². The Morgan fingerprint density at radius 1 is 1.24 bits per heavy atom. The predicted molar refractivity (Wildman–Crippen MR) is 71.3 cm³/mol. The maximum Gasteiger partial charge on any atom is 0.405 e. The Morgan fingerprint density at radius 3 is 2.62 bits per heavy atom. The van der Waals surface area contributed by atoms with Crippen LogP contribution in [-0.4, -0.2) is 30.5 Å². The molecule has 3 N–H and O–H groups in total. The molecule has 0 aliphatic rings. The second kappa shape index (κ2) is 8.17. The molecule has 0 spiro atoms. The van der Waals surface area contributed by atoms with Gasteiger partial charge in [0.2, 0.25) is 0 Å². The number of aliphatic hydroxyl groups excluding tert-OH is 1. The summed E-state index contributed by atoms with van der Waals surface area (Å²) in [7, 11) is 0. The normalized spacial score (nSPS) is 10.5. The van der Waals surface area contributed by atoms with Gasteiger partial charge in [-0.2, -0.15) is 13.2 Å². The lowest BCUT2D eigenvalue weighted by atomic mass is 10.1. The molecular weight excluding hydrogens is 285 g/mol. The Balaban J connectivity index is 2.56. The van der Waals surface area contributed by atoms with Crippen molar-refractivity contribution in [2.45, 2.75) is 19.1 Å². The van der Waals surface area contributed by atoms with Gasteiger partial charge in [0.25, 0.3) is 0 Å². The van der Waals surface area contributed by atoms with Crippen molar-refractivity contribution >= 4 is 6.03 Å². The maximum atomic E-state index is 11.9. The largest absolute Gasteiger partial charge is 0.405 e. The fraction of sp³-hybridized carbons (Fsp3) is 0.357. The molecule has 1 aromatic carbocycles. The van der Waals surface area contributed by atoms with Gasteiger partial charge in [-0.15, -0.1) is 0 Å². The molecule has 4 nitrogen and oxygen atoms in total. The third-order valence-corrected chi connectivity index (χ3v) is 2.37. The van der Waals surface area contributed by atoms with E-state index in [0.29, 0.717) is 17.5 Å². The summed E-state index contributed by atoms with van der Waals surface area (Å²) >= 11 is 0. The summed E-state index contributed by atoms with van der Waals surface area (Å²) in [6.45, 7) is -1.36. The molecule has 7 heteroatoms. The highest BCUT2D eigenvalue weighted by atomic mass is 19.4. The van der Waals surface area contributed by atoms with Crippen LogP contribution in [0, 0.1) is 11.8 Å². The lowest BCUT2D eigenvalue weighted by Gasteiger charge is -2.10. The van der Waals surface area contributed by atoms with E-state index >= 15 is 0 Å². The highest BCUT2D eigenvalue weighted by molar-refractivity contribution is 5.73. The molecule has 0 bridgehead atoms. The zero-order valence-electron chi connectivity index (χ0n) is 11.1. The summed E-state index contributed by atoms with van der Waals surface area (Å²) in [5, 5.41) is 12.7. The smallest absolute Gasteiger partial charge is 0.395 e. The van der Waals surface area contributed by atoms with E-state index in [0.717, 1.165) is 0 Å². The molecule has 0 atom stereocenters. The van der Waals surface area contributed by atoms with Crippen LogP contribution in [-0.2, 0) is 6.54 Å². The lowest BCUT2D eigenvalue weighted by Crippen LogP contribution is -2.40. The van der Waals surface area contributed by atoms with Crippen molar-refractivity contribution in [3.05, 3.63) is 35.4 Å². The van der Waals surface area contributed by atoms with Gasteiger partial charge in [-0.3, -0.25) is 0 Å². The molecule has 114 valence electrons. The van der Waals surface area contributed by atoms with E-state index in [9.17, 15) is 18.0 Å². The first-order valence-electron chi connectivity index (χ1n) is 6.18. The molecule has 0 heterocycles. The number of carbonyl (C=O) groups is 1. The minimum absolute atomic E-state index is 0.0483. The number of urea groups is 1. The number of nitrogens with one attached hydrogen (secondary N) is 2. The van der Waals surface area contributed by atoms with E-state index in [4.69, 9.17) is 5.11 Å². The van der Waals surface area contributed by atoms with Crippen LogP contribution in [0.2, 0.25) is 0 Å². The van der Waals surface area contributed by atoms with E-state index in [-0.39, 0.29) is 13.2 Å². The topological polar surface area (TPSA) is 61.4 Å². The van der Waals surface area contributed by atoms with Crippen molar-refractivity contribution in [3.8, 4) is 11.8 Å². The molecule has 0 saturated heterocycles. The number of carbonyl (C=O) groups excluding carboxylic acids is 1. The molecule has 0 fully saturated rings. The van der Waals surface area contributed by atoms with E-state index in [1.54, 1.807) is 29.6 Å². The van der Waals surface area contributed by atoms with Gasteiger partial charge in [0, 0.05) is 18.5 Å². The highest BCUT2D eigenvalue weighted by Crippen LogP contribution is 2.12. The molecule has 0 unspecified atom stereocenters. The van der Waals surface area contributed by atoms with Gasteiger partial charge >= 0.3 is 12.2 Å². The van der Waals surface area contributed by atoms with Crippen LogP contribution in [0.25, 0.3) is 0 Å². The lowest BCUT2D eigenvalue weighted by molar-refractivity contribution is -0.122. The Labute approximate surface area is 120 Å². The van der Waals surface area contributed by atoms with Gasteiger partial charge in [0.05, 0.1) is 6.61 Å². The van der Waals surface area contributed by atoms with Crippen LogP contribution in [0.1, 0.15) is 17.5 Å². The predicted octanol–water partition coefficient (Wildman–Crippen LogP) is 1.78. The molecule has 0 aliphatic heterocycles. The zero-order valence-corrected chi connectivity index (χ0v) is 11.1. The van der Waals surface area contributed by atoms with E-state index < -0.39 is 18.8 Å². The average Bonchev–Trinajstić information content (AvgIpc) is 2.43. The number of amides is 2. The average molecular weight is 300 g/mol. The van der Waals surface area contributed by atoms with Crippen LogP contribution < -0.4 is 10.6 Å². The van der Waals surface area contributed by atoms with Gasteiger partial charge in [0.1, 0.15) is 6.54 Å². The first kappa shape index (κ1) is 16.9. The third-order valence-electron chi connectivity index (χ3n) is 2.37. The first-order chi connectivity index (χ1) is 9.92. The number of alkyl halides is 3. The standard InChI is InChI=1S/C14H15F3N2O2/c15-14(16,17)10-19-13(21)18-9-12-7-2-1-5-11(12)6-3-4-8-20/h1-2,5,7,20H,4,8-10H2,(H2,18,19,21). The van der Waals surface area contributed by atoms with Crippen LogP contribution >= 0.6 is 0 Å². The second-order valence-electron chi connectivity index (χ2n) is 4.08. The number of aliphatic hydroxyl groups is 1. The third kappa shape index (κ3) is 7.22. The first-order valence-corrected chi connectivity index (χ1v) is 6.18. The number of hydrogen-bond acceptors (Lipinski definition) is 2. The minimum atomic E-state index is -4.44. The van der Waals surface area contributed by atoms with Crippen molar-refractivity contribution in [3.63, 3.8) is 0 Å². The van der Waals surface area contributed by atoms with E-state index in [1.165, 1.54) is 0 Å². The Bertz CT molecular complexity index is 533. The van der Waals surface area contributed by atoms with E-state index in [2.05, 4.69) is 17.2 Å². The van der Waals surface area contributed by atoms with Gasteiger partial charge in [-0.25, -0.2) is 4.79 Å². The maximum absolute atomic E-state index is 11.9. The SMILES string of the molecule is O=C(NCc1ccccc1C#CCCO)NCC(F)(F)F. The van der Waals surface area contributed by atoms with Crippen molar-refractivity contribution < 1.29 is 23.1 Å². The molecule has 2 amide bonds. The summed E-state index contributed by atoms with van der Waals surface area (Å²) in [5.74, 6) is 5.58. The zero-order chi connectivity index (χ0) is 15.7. The quantitative estimate of drug-likeness (QED) is 0.742. The van der Waals surface area contributed by atoms with Gasteiger partial charge in [-0.1, -0.05) is 30.0 Å². The fourth-order valence-electron chi connectivity index (χ4n) is 1.43. The van der Waals surface area contributed by atoms with Crippen molar-refractivity contribution in [1.29, 1.82) is 0 Å². The number of hydrogen-bond donors (Lipinski definition) is 3. The van der Waals surface area contributed by atoms with Gasteiger partial charge in [-0.05, 0) is 11.6 Å². The van der Waals surface area contributed by atoms with Crippen molar-refractivity contribution in [2.24, 2.45) is 0 Å². The molecule has 0 saturated carbocycles. The van der Waals surface area contributed by atoms with Crippen LogP contribution in [0.3, 0.4) is 0 Å². The highest BCUT2D eigenvalue weighted by Gasteiger charge is 2.27. The summed E-state index contributed by atoms with van der Waals surface area (Å²) in [6.07, 6.45) is -4.11. The number of halogens is 3. The summed E-state index contributed by atoms with van der Waals surface area (Å²) < 4.78 is 35.8. The molecule has 21 heavy (non-hydrogen) atoms.